The number of benzene rings is 1. The van der Waals surface area contributed by atoms with E-state index in [-0.39, 0.29) is 0 Å². The van der Waals surface area contributed by atoms with Crippen molar-refractivity contribution < 1.29 is 0 Å². The molecule has 28 heavy (non-hydrogen) atoms. The Kier molecular flexibility index (Phi) is 3.24. The third-order valence-corrected chi connectivity index (χ3v) is 5.68. The molecule has 7 heteroatoms. The molecule has 0 atom stereocenters. The normalized spacial score (nSPS) is 11.6. The van der Waals surface area contributed by atoms with Gasteiger partial charge in [-0.2, -0.15) is 21.5 Å². The van der Waals surface area contributed by atoms with E-state index in [2.05, 4.69) is 71.5 Å². The quantitative estimate of drug-likeness (QED) is 0.392. The van der Waals surface area contributed by atoms with Gasteiger partial charge in [0, 0.05) is 45.2 Å². The number of pyridine rings is 1. The second kappa shape index (κ2) is 5.90. The first-order chi connectivity index (χ1) is 13.9. The highest BCUT2D eigenvalue weighted by Crippen LogP contribution is 2.34. The summed E-state index contributed by atoms with van der Waals surface area (Å²) in [6.07, 6.45) is 5.56. The zero-order valence-corrected chi connectivity index (χ0v) is 15.4. The molecule has 0 radical (unpaired) electrons. The van der Waals surface area contributed by atoms with Crippen LogP contribution in [-0.2, 0) is 0 Å². The molecule has 134 valence electrons. The molecule has 1 aromatic carbocycles. The molecule has 0 aliphatic heterocycles. The van der Waals surface area contributed by atoms with Crippen LogP contribution in [0.15, 0.2) is 65.7 Å². The Labute approximate surface area is 163 Å². The summed E-state index contributed by atoms with van der Waals surface area (Å²) >= 11 is 1.67. The summed E-state index contributed by atoms with van der Waals surface area (Å²) in [5.74, 6) is 0. The number of hydrogen-bond acceptors (Lipinski definition) is 4. The van der Waals surface area contributed by atoms with Gasteiger partial charge in [-0.05, 0) is 41.3 Å². The zero-order chi connectivity index (χ0) is 18.5. The lowest BCUT2D eigenvalue weighted by molar-refractivity contribution is 1.09. The van der Waals surface area contributed by atoms with Crippen LogP contribution in [0.1, 0.15) is 0 Å². The van der Waals surface area contributed by atoms with Crippen molar-refractivity contribution in [2.45, 2.75) is 0 Å². The molecule has 6 nitrogen and oxygen atoms in total. The summed E-state index contributed by atoms with van der Waals surface area (Å²) in [6, 6.07) is 12.5. The predicted octanol–water partition coefficient (Wildman–Crippen LogP) is 5.22. The smallest absolute Gasteiger partial charge is 0.116 e. The van der Waals surface area contributed by atoms with Gasteiger partial charge in [-0.3, -0.25) is 15.2 Å². The van der Waals surface area contributed by atoms with Crippen molar-refractivity contribution in [1.82, 2.24) is 30.4 Å². The molecule has 0 spiro atoms. The van der Waals surface area contributed by atoms with Crippen LogP contribution in [0.2, 0.25) is 0 Å². The lowest BCUT2D eigenvalue weighted by Crippen LogP contribution is -1.80. The molecule has 0 saturated carbocycles. The second-order valence-corrected chi connectivity index (χ2v) is 7.42. The van der Waals surface area contributed by atoms with Crippen LogP contribution in [-0.4, -0.2) is 30.4 Å². The lowest BCUT2D eigenvalue weighted by Gasteiger charge is -1.99. The summed E-state index contributed by atoms with van der Waals surface area (Å²) in [5.41, 5.74) is 8.18. The van der Waals surface area contributed by atoms with Crippen molar-refractivity contribution in [2.75, 3.05) is 0 Å². The minimum Gasteiger partial charge on any atom is -0.353 e. The highest BCUT2D eigenvalue weighted by atomic mass is 32.1. The maximum absolute atomic E-state index is 4.60. The third-order valence-electron chi connectivity index (χ3n) is 4.99. The SMILES string of the molecule is c1cc2[nH]c(-c3n[nH]c4ccc(-c5cn[nH]c5)cc34)cc2c(-c2ccsc2)n1. The molecule has 6 rings (SSSR count). The van der Waals surface area contributed by atoms with E-state index in [4.69, 9.17) is 0 Å². The molecule has 0 fully saturated rings. The van der Waals surface area contributed by atoms with Crippen LogP contribution in [0.3, 0.4) is 0 Å². The monoisotopic (exact) mass is 382 g/mol. The Balaban J connectivity index is 1.55. The molecule has 0 aliphatic carbocycles. The van der Waals surface area contributed by atoms with Crippen LogP contribution in [0.4, 0.5) is 0 Å². The van der Waals surface area contributed by atoms with Crippen molar-refractivity contribution in [3.63, 3.8) is 0 Å². The number of aromatic amines is 3. The van der Waals surface area contributed by atoms with E-state index in [0.29, 0.717) is 0 Å². The first kappa shape index (κ1) is 15.4. The summed E-state index contributed by atoms with van der Waals surface area (Å²) < 4.78 is 0. The van der Waals surface area contributed by atoms with Crippen molar-refractivity contribution >= 4 is 33.1 Å². The van der Waals surface area contributed by atoms with Crippen molar-refractivity contribution in [1.29, 1.82) is 0 Å². The molecule has 0 aliphatic rings. The molecule has 5 heterocycles. The Morgan fingerprint density at radius 3 is 2.68 bits per heavy atom. The van der Waals surface area contributed by atoms with Gasteiger partial charge in [0.05, 0.1) is 23.1 Å². The minimum absolute atomic E-state index is 0.896. The molecule has 3 N–H and O–H groups in total. The van der Waals surface area contributed by atoms with E-state index in [9.17, 15) is 0 Å². The van der Waals surface area contributed by atoms with E-state index in [1.165, 1.54) is 0 Å². The van der Waals surface area contributed by atoms with Gasteiger partial charge < -0.3 is 4.98 Å². The molecule has 0 bridgehead atoms. The maximum atomic E-state index is 4.60. The van der Waals surface area contributed by atoms with Crippen LogP contribution in [0.25, 0.3) is 55.6 Å². The standard InChI is InChI=1S/C21H14N6S/c1-2-18-15(7-12(1)14-9-23-24-10-14)21(27-26-18)19-8-16-17(25-19)3-5-22-20(16)13-4-6-28-11-13/h1-11,25H,(H,23,24)(H,26,27). The summed E-state index contributed by atoms with van der Waals surface area (Å²) in [7, 11) is 0. The van der Waals surface area contributed by atoms with Crippen LogP contribution in [0.5, 0.6) is 0 Å². The lowest BCUT2D eigenvalue weighted by atomic mass is 10.1. The number of nitrogens with one attached hydrogen (secondary N) is 3. The molecule has 6 aromatic rings. The van der Waals surface area contributed by atoms with Crippen LogP contribution < -0.4 is 0 Å². The number of H-pyrrole nitrogens is 3. The van der Waals surface area contributed by atoms with Gasteiger partial charge in [-0.15, -0.1) is 0 Å². The van der Waals surface area contributed by atoms with Crippen molar-refractivity contribution in [3.8, 4) is 33.8 Å². The third kappa shape index (κ3) is 2.30. The highest BCUT2D eigenvalue weighted by molar-refractivity contribution is 7.08. The van der Waals surface area contributed by atoms with E-state index in [1.54, 1.807) is 11.3 Å². The first-order valence-corrected chi connectivity index (χ1v) is 9.79. The van der Waals surface area contributed by atoms with Gasteiger partial charge in [0.2, 0.25) is 0 Å². The van der Waals surface area contributed by atoms with Gasteiger partial charge in [0.1, 0.15) is 5.69 Å². The largest absolute Gasteiger partial charge is 0.353 e. The van der Waals surface area contributed by atoms with Crippen LogP contribution >= 0.6 is 11.3 Å². The Bertz CT molecular complexity index is 1410. The van der Waals surface area contributed by atoms with Crippen molar-refractivity contribution in [3.05, 3.63) is 65.7 Å². The van der Waals surface area contributed by atoms with Gasteiger partial charge in [-0.25, -0.2) is 0 Å². The fourth-order valence-corrected chi connectivity index (χ4v) is 4.26. The Hall–Kier alpha value is -3.71. The molecular weight excluding hydrogens is 368 g/mol. The number of thiophene rings is 1. The van der Waals surface area contributed by atoms with Gasteiger partial charge in [0.25, 0.3) is 0 Å². The summed E-state index contributed by atoms with van der Waals surface area (Å²) in [6.45, 7) is 0. The van der Waals surface area contributed by atoms with E-state index in [0.717, 1.165) is 55.6 Å². The molecule has 0 unspecified atom stereocenters. The minimum atomic E-state index is 0.896. The predicted molar refractivity (Wildman–Crippen MR) is 112 cm³/mol. The number of aromatic nitrogens is 6. The molecule has 0 saturated heterocycles. The van der Waals surface area contributed by atoms with Gasteiger partial charge >= 0.3 is 0 Å². The highest BCUT2D eigenvalue weighted by Gasteiger charge is 2.15. The van der Waals surface area contributed by atoms with E-state index in [1.807, 2.05) is 24.7 Å². The van der Waals surface area contributed by atoms with Crippen LogP contribution in [0, 0.1) is 0 Å². The number of nitrogens with zero attached hydrogens (tertiary/aromatic N) is 3. The first-order valence-electron chi connectivity index (χ1n) is 8.85. The second-order valence-electron chi connectivity index (χ2n) is 6.64. The van der Waals surface area contributed by atoms with Gasteiger partial charge in [-0.1, -0.05) is 6.07 Å². The average molecular weight is 382 g/mol. The average Bonchev–Trinajstić information content (AvgIpc) is 3.53. The topological polar surface area (TPSA) is 86.0 Å². The summed E-state index contributed by atoms with van der Waals surface area (Å²) in [4.78, 5) is 8.11. The molecule has 5 aromatic heterocycles. The molecular formula is C21H14N6S. The fraction of sp³-hybridized carbons (Fsp3) is 0. The van der Waals surface area contributed by atoms with E-state index < -0.39 is 0 Å². The molecule has 0 amide bonds. The maximum Gasteiger partial charge on any atom is 0.116 e. The number of fused-ring (bicyclic) bond motifs is 2. The summed E-state index contributed by atoms with van der Waals surface area (Å²) in [5, 5.41) is 21.0. The Morgan fingerprint density at radius 1 is 0.857 bits per heavy atom. The van der Waals surface area contributed by atoms with E-state index >= 15 is 0 Å². The number of hydrogen-bond donors (Lipinski definition) is 3. The number of rotatable bonds is 3. The van der Waals surface area contributed by atoms with Gasteiger partial charge in [0.15, 0.2) is 0 Å². The fourth-order valence-electron chi connectivity index (χ4n) is 3.62. The zero-order valence-electron chi connectivity index (χ0n) is 14.6. The van der Waals surface area contributed by atoms with Crippen molar-refractivity contribution in [2.24, 2.45) is 0 Å². The Morgan fingerprint density at radius 2 is 1.82 bits per heavy atom.